The van der Waals surface area contributed by atoms with E-state index < -0.39 is 0 Å². The highest BCUT2D eigenvalue weighted by molar-refractivity contribution is 6.43. The van der Waals surface area contributed by atoms with Gasteiger partial charge in [-0.2, -0.15) is 0 Å². The van der Waals surface area contributed by atoms with Gasteiger partial charge in [-0.1, -0.05) is 34.8 Å². The highest BCUT2D eigenvalue weighted by atomic mass is 35.5. The van der Waals surface area contributed by atoms with Crippen LogP contribution in [0.2, 0.25) is 15.1 Å². The van der Waals surface area contributed by atoms with E-state index >= 15 is 0 Å². The van der Waals surface area contributed by atoms with Crippen molar-refractivity contribution >= 4 is 41.1 Å². The molecule has 0 saturated heterocycles. The fraction of sp³-hybridized carbons (Fsp3) is 0.222. The van der Waals surface area contributed by atoms with Crippen LogP contribution < -0.4 is 4.74 Å². The molecule has 0 aliphatic rings. The second kappa shape index (κ2) is 5.44. The first-order valence-corrected chi connectivity index (χ1v) is 4.99. The van der Waals surface area contributed by atoms with Gasteiger partial charge in [0.15, 0.2) is 0 Å². The molecule has 0 radical (unpaired) electrons. The first-order chi connectivity index (χ1) is 6.65. The van der Waals surface area contributed by atoms with Gasteiger partial charge in [-0.05, 0) is 6.07 Å². The van der Waals surface area contributed by atoms with Gasteiger partial charge in [0.2, 0.25) is 0 Å². The number of hydrogen-bond acceptors (Lipinski definition) is 2. The predicted octanol–water partition coefficient (Wildman–Crippen LogP) is 3.61. The SMILES string of the molecule is O=CCCOc1cc(Cl)c(Cl)cc1Cl. The molecule has 0 spiro atoms. The topological polar surface area (TPSA) is 26.3 Å². The third kappa shape index (κ3) is 3.05. The van der Waals surface area contributed by atoms with Crippen molar-refractivity contribution in [3.8, 4) is 5.75 Å². The average Bonchev–Trinajstić information content (AvgIpc) is 2.14. The summed E-state index contributed by atoms with van der Waals surface area (Å²) >= 11 is 17.3. The molecule has 0 aliphatic heterocycles. The fourth-order valence-electron chi connectivity index (χ4n) is 0.832. The lowest BCUT2D eigenvalue weighted by atomic mass is 10.3. The fourth-order valence-corrected chi connectivity index (χ4v) is 1.42. The van der Waals surface area contributed by atoms with E-state index in [0.717, 1.165) is 6.29 Å². The Morgan fingerprint density at radius 1 is 1.14 bits per heavy atom. The van der Waals surface area contributed by atoms with Gasteiger partial charge in [0, 0.05) is 12.5 Å². The molecule has 0 fully saturated rings. The van der Waals surface area contributed by atoms with Crippen molar-refractivity contribution in [1.82, 2.24) is 0 Å². The summed E-state index contributed by atoms with van der Waals surface area (Å²) in [6, 6.07) is 3.03. The van der Waals surface area contributed by atoms with E-state index in [1.54, 1.807) is 0 Å². The molecule has 1 aromatic carbocycles. The monoisotopic (exact) mass is 252 g/mol. The van der Waals surface area contributed by atoms with E-state index in [1.165, 1.54) is 12.1 Å². The minimum absolute atomic E-state index is 0.279. The Labute approximate surface area is 96.7 Å². The van der Waals surface area contributed by atoms with Gasteiger partial charge in [0.25, 0.3) is 0 Å². The van der Waals surface area contributed by atoms with Crippen LogP contribution in [0.1, 0.15) is 6.42 Å². The number of rotatable bonds is 4. The second-order valence-corrected chi connectivity index (χ2v) is 3.72. The van der Waals surface area contributed by atoms with E-state index in [4.69, 9.17) is 39.5 Å². The van der Waals surface area contributed by atoms with Crippen molar-refractivity contribution in [2.45, 2.75) is 6.42 Å². The van der Waals surface area contributed by atoms with E-state index in [0.29, 0.717) is 27.2 Å². The van der Waals surface area contributed by atoms with E-state index in [9.17, 15) is 4.79 Å². The lowest BCUT2D eigenvalue weighted by molar-refractivity contribution is -0.108. The standard InChI is InChI=1S/C9H7Cl3O2/c10-6-4-8(12)9(5-7(6)11)14-3-1-2-13/h2,4-5H,1,3H2. The van der Waals surface area contributed by atoms with Crippen molar-refractivity contribution in [2.24, 2.45) is 0 Å². The van der Waals surface area contributed by atoms with E-state index in [1.807, 2.05) is 0 Å². The summed E-state index contributed by atoms with van der Waals surface area (Å²) in [7, 11) is 0. The lowest BCUT2D eigenvalue weighted by Crippen LogP contribution is -1.98. The Morgan fingerprint density at radius 2 is 1.79 bits per heavy atom. The summed E-state index contributed by atoms with van der Waals surface area (Å²) in [6.45, 7) is 0.279. The van der Waals surface area contributed by atoms with Gasteiger partial charge in [0.05, 0.1) is 21.7 Å². The largest absolute Gasteiger partial charge is 0.492 e. The Balaban J connectivity index is 2.76. The molecule has 1 rings (SSSR count). The Morgan fingerprint density at radius 3 is 2.43 bits per heavy atom. The van der Waals surface area contributed by atoms with Crippen LogP contribution in [0.4, 0.5) is 0 Å². The number of carbonyl (C=O) groups is 1. The van der Waals surface area contributed by atoms with Gasteiger partial charge in [-0.25, -0.2) is 0 Å². The third-order valence-corrected chi connectivity index (χ3v) is 2.49. The molecule has 1 aromatic rings. The molecule has 0 N–H and O–H groups in total. The first kappa shape index (κ1) is 11.6. The van der Waals surface area contributed by atoms with Crippen LogP contribution in [0, 0.1) is 0 Å². The zero-order chi connectivity index (χ0) is 10.6. The van der Waals surface area contributed by atoms with Crippen molar-refractivity contribution in [3.05, 3.63) is 27.2 Å². The van der Waals surface area contributed by atoms with E-state index in [-0.39, 0.29) is 6.61 Å². The second-order valence-electron chi connectivity index (χ2n) is 2.50. The molecule has 0 heterocycles. The van der Waals surface area contributed by atoms with Crippen LogP contribution in [0.25, 0.3) is 0 Å². The minimum Gasteiger partial charge on any atom is -0.492 e. The molecule has 0 aromatic heterocycles. The molecule has 0 saturated carbocycles. The number of benzene rings is 1. The smallest absolute Gasteiger partial charge is 0.139 e. The molecule has 76 valence electrons. The maximum Gasteiger partial charge on any atom is 0.139 e. The van der Waals surface area contributed by atoms with Crippen molar-refractivity contribution < 1.29 is 9.53 Å². The molecule has 0 unspecified atom stereocenters. The number of halogens is 3. The average molecular weight is 254 g/mol. The molecule has 0 atom stereocenters. The van der Waals surface area contributed by atoms with Gasteiger partial charge in [0.1, 0.15) is 12.0 Å². The molecular weight excluding hydrogens is 246 g/mol. The predicted molar refractivity (Wildman–Crippen MR) is 57.6 cm³/mol. The summed E-state index contributed by atoms with van der Waals surface area (Å²) in [5.74, 6) is 0.433. The van der Waals surface area contributed by atoms with Gasteiger partial charge >= 0.3 is 0 Å². The normalized spacial score (nSPS) is 9.93. The quantitative estimate of drug-likeness (QED) is 0.465. The Kier molecular flexibility index (Phi) is 4.52. The first-order valence-electron chi connectivity index (χ1n) is 3.86. The summed E-state index contributed by atoms with van der Waals surface area (Å²) < 4.78 is 5.21. The molecular formula is C9H7Cl3O2. The maximum atomic E-state index is 10.0. The summed E-state index contributed by atoms with van der Waals surface area (Å²) in [6.07, 6.45) is 1.09. The number of hydrogen-bond donors (Lipinski definition) is 0. The van der Waals surface area contributed by atoms with Crippen LogP contribution in [0.15, 0.2) is 12.1 Å². The molecule has 2 nitrogen and oxygen atoms in total. The molecule has 0 bridgehead atoms. The van der Waals surface area contributed by atoms with Crippen molar-refractivity contribution in [2.75, 3.05) is 6.61 Å². The van der Waals surface area contributed by atoms with Gasteiger partial charge < -0.3 is 9.53 Å². The lowest BCUT2D eigenvalue weighted by Gasteiger charge is -2.07. The van der Waals surface area contributed by atoms with Crippen LogP contribution in [-0.4, -0.2) is 12.9 Å². The van der Waals surface area contributed by atoms with Crippen molar-refractivity contribution in [3.63, 3.8) is 0 Å². The van der Waals surface area contributed by atoms with Gasteiger partial charge in [-0.15, -0.1) is 0 Å². The number of ether oxygens (including phenoxy) is 1. The molecule has 5 heteroatoms. The molecule has 14 heavy (non-hydrogen) atoms. The number of aldehydes is 1. The van der Waals surface area contributed by atoms with Crippen LogP contribution in [0.5, 0.6) is 5.75 Å². The Hall–Kier alpha value is -0.440. The summed E-state index contributed by atoms with van der Waals surface area (Å²) in [5, 5.41) is 1.13. The van der Waals surface area contributed by atoms with Gasteiger partial charge in [-0.3, -0.25) is 0 Å². The van der Waals surface area contributed by atoms with Crippen molar-refractivity contribution in [1.29, 1.82) is 0 Å². The van der Waals surface area contributed by atoms with E-state index in [2.05, 4.69) is 0 Å². The highest BCUT2D eigenvalue weighted by Crippen LogP contribution is 2.33. The zero-order valence-corrected chi connectivity index (χ0v) is 9.36. The van der Waals surface area contributed by atoms with Crippen LogP contribution in [0.3, 0.4) is 0 Å². The third-order valence-electron chi connectivity index (χ3n) is 1.47. The molecule has 0 aliphatic carbocycles. The summed E-state index contributed by atoms with van der Waals surface area (Å²) in [5.41, 5.74) is 0. The summed E-state index contributed by atoms with van der Waals surface area (Å²) in [4.78, 5) is 10.0. The molecule has 0 amide bonds. The van der Waals surface area contributed by atoms with Crippen LogP contribution >= 0.6 is 34.8 Å². The Bertz CT molecular complexity index is 339. The maximum absolute atomic E-state index is 10.0. The van der Waals surface area contributed by atoms with Crippen LogP contribution in [-0.2, 0) is 4.79 Å². The highest BCUT2D eigenvalue weighted by Gasteiger charge is 2.06. The number of carbonyl (C=O) groups excluding carboxylic acids is 1. The zero-order valence-electron chi connectivity index (χ0n) is 7.10. The minimum atomic E-state index is 0.279.